The second-order valence-electron chi connectivity index (χ2n) is 10.9. The van der Waals surface area contributed by atoms with Crippen LogP contribution in [-0.2, 0) is 19.6 Å². The molecule has 1 aliphatic heterocycles. The van der Waals surface area contributed by atoms with Gasteiger partial charge in [-0.3, -0.25) is 9.88 Å². The highest BCUT2D eigenvalue weighted by Gasteiger charge is 2.28. The molecule has 1 fully saturated rings. The number of piperidine rings is 1. The molecule has 1 saturated heterocycles. The van der Waals surface area contributed by atoms with Crippen LogP contribution >= 0.6 is 11.6 Å². The van der Waals surface area contributed by atoms with Gasteiger partial charge in [-0.15, -0.1) is 0 Å². The third kappa shape index (κ3) is 6.12. The third-order valence-electron chi connectivity index (χ3n) is 8.03. The smallest absolute Gasteiger partial charge is 0.142 e. The molecule has 1 atom stereocenters. The summed E-state index contributed by atoms with van der Waals surface area (Å²) in [5.41, 5.74) is 5.78. The van der Waals surface area contributed by atoms with Crippen molar-refractivity contribution >= 4 is 11.6 Å². The Labute approximate surface area is 249 Å². The van der Waals surface area contributed by atoms with Crippen molar-refractivity contribution in [3.05, 3.63) is 112 Å². The van der Waals surface area contributed by atoms with Crippen molar-refractivity contribution < 1.29 is 19.0 Å². The van der Waals surface area contributed by atoms with Gasteiger partial charge in [-0.1, -0.05) is 48.0 Å². The summed E-state index contributed by atoms with van der Waals surface area (Å²) in [6, 6.07) is 20.4. The number of hydrogen-bond acceptors (Lipinski definition) is 6. The molecule has 1 N–H and O–H groups in total. The van der Waals surface area contributed by atoms with E-state index in [0.29, 0.717) is 34.2 Å². The summed E-state index contributed by atoms with van der Waals surface area (Å²) < 4.78 is 27.5. The Kier molecular flexibility index (Phi) is 8.38. The lowest BCUT2D eigenvalue weighted by atomic mass is 9.96. The summed E-state index contributed by atoms with van der Waals surface area (Å²) in [7, 11) is 0. The minimum atomic E-state index is -0.260. The topological polar surface area (TPSA) is 78.6 Å². The van der Waals surface area contributed by atoms with Crippen molar-refractivity contribution in [1.29, 1.82) is 5.26 Å². The van der Waals surface area contributed by atoms with Crippen LogP contribution in [0.4, 0.5) is 4.39 Å². The van der Waals surface area contributed by atoms with E-state index in [-0.39, 0.29) is 24.6 Å². The number of pyridine rings is 1. The number of nitriles is 1. The second-order valence-corrected chi connectivity index (χ2v) is 11.3. The number of fused-ring (bicyclic) bond motifs is 1. The summed E-state index contributed by atoms with van der Waals surface area (Å²) in [6.45, 7) is 2.42. The zero-order valence-electron chi connectivity index (χ0n) is 23.1. The number of halogens is 2. The number of likely N-dealkylation sites (tertiary alicyclic amines) is 1. The lowest BCUT2D eigenvalue weighted by Gasteiger charge is -2.30. The van der Waals surface area contributed by atoms with Gasteiger partial charge < -0.3 is 14.6 Å². The van der Waals surface area contributed by atoms with Crippen LogP contribution in [0.5, 0.6) is 11.5 Å². The van der Waals surface area contributed by atoms with Gasteiger partial charge in [0.15, 0.2) is 0 Å². The number of aromatic nitrogens is 1. The highest BCUT2D eigenvalue weighted by atomic mass is 35.5. The van der Waals surface area contributed by atoms with Gasteiger partial charge in [0.2, 0.25) is 0 Å². The number of rotatable bonds is 8. The van der Waals surface area contributed by atoms with Crippen molar-refractivity contribution in [2.45, 2.75) is 51.0 Å². The Bertz CT molecular complexity index is 1630. The Morgan fingerprint density at radius 2 is 1.81 bits per heavy atom. The van der Waals surface area contributed by atoms with E-state index in [4.69, 9.17) is 21.1 Å². The normalized spacial score (nSPS) is 17.0. The molecule has 0 radical (unpaired) electrons. The number of benzene rings is 3. The molecule has 8 heteroatoms. The molecular formula is C34H31ClFN3O3. The number of hydrogen-bond donors (Lipinski definition) is 1. The quantitative estimate of drug-likeness (QED) is 0.240. The standard InChI is InChI=1S/C34H31ClFN3O3/c35-30-15-24(20-39-12-10-25(40)11-13-39)33(41-21-23-14-22(17-37)18-38-19-23)16-34(30)42-32-9-8-27-26(5-3-6-29(27)32)28-4-1-2-7-31(28)36/h1-7,14-16,18-19,25,32,40H,8-13,20-21H2/t32-/m1/s1. The third-order valence-corrected chi connectivity index (χ3v) is 8.33. The van der Waals surface area contributed by atoms with E-state index in [1.54, 1.807) is 18.3 Å². The summed E-state index contributed by atoms with van der Waals surface area (Å²) >= 11 is 6.82. The molecule has 214 valence electrons. The van der Waals surface area contributed by atoms with Crippen molar-refractivity contribution in [2.75, 3.05) is 13.1 Å². The minimum Gasteiger partial charge on any atom is -0.488 e. The van der Waals surface area contributed by atoms with Crippen LogP contribution in [0.1, 0.15) is 53.2 Å². The molecule has 2 heterocycles. The molecule has 1 aliphatic carbocycles. The fourth-order valence-electron chi connectivity index (χ4n) is 5.86. The van der Waals surface area contributed by atoms with Gasteiger partial charge in [0.1, 0.15) is 36.1 Å². The first-order valence-electron chi connectivity index (χ1n) is 14.2. The molecule has 0 unspecified atom stereocenters. The monoisotopic (exact) mass is 583 g/mol. The summed E-state index contributed by atoms with van der Waals surface area (Å²) in [5.74, 6) is 0.915. The molecule has 6 rings (SSSR count). The summed E-state index contributed by atoms with van der Waals surface area (Å²) in [6.07, 6.45) is 5.69. The first kappa shape index (κ1) is 28.2. The van der Waals surface area contributed by atoms with Crippen LogP contribution in [0.3, 0.4) is 0 Å². The van der Waals surface area contributed by atoms with Gasteiger partial charge in [0.25, 0.3) is 0 Å². The van der Waals surface area contributed by atoms with E-state index in [2.05, 4.69) is 16.0 Å². The predicted molar refractivity (Wildman–Crippen MR) is 159 cm³/mol. The van der Waals surface area contributed by atoms with E-state index < -0.39 is 0 Å². The van der Waals surface area contributed by atoms with Crippen LogP contribution in [0.25, 0.3) is 11.1 Å². The van der Waals surface area contributed by atoms with Crippen molar-refractivity contribution in [3.8, 4) is 28.7 Å². The zero-order valence-corrected chi connectivity index (χ0v) is 23.9. The molecule has 3 aromatic carbocycles. The molecule has 0 bridgehead atoms. The van der Waals surface area contributed by atoms with Gasteiger partial charge in [-0.25, -0.2) is 4.39 Å². The zero-order chi connectivity index (χ0) is 29.1. The Balaban J connectivity index is 1.28. The number of ether oxygens (including phenoxy) is 2. The van der Waals surface area contributed by atoms with Gasteiger partial charge in [0.05, 0.1) is 16.7 Å². The van der Waals surface area contributed by atoms with Gasteiger partial charge >= 0.3 is 0 Å². The predicted octanol–water partition coefficient (Wildman–Crippen LogP) is 7.01. The maximum absolute atomic E-state index is 14.6. The Morgan fingerprint density at radius 1 is 1.00 bits per heavy atom. The highest BCUT2D eigenvalue weighted by Crippen LogP contribution is 2.43. The fourth-order valence-corrected chi connectivity index (χ4v) is 6.09. The number of aliphatic hydroxyl groups excluding tert-OH is 1. The number of nitrogens with zero attached hydrogens (tertiary/aromatic N) is 3. The minimum absolute atomic E-state index is 0.230. The van der Waals surface area contributed by atoms with Gasteiger partial charge in [-0.2, -0.15) is 5.26 Å². The molecule has 6 nitrogen and oxygen atoms in total. The van der Waals surface area contributed by atoms with E-state index in [9.17, 15) is 14.8 Å². The Hall–Kier alpha value is -3.96. The van der Waals surface area contributed by atoms with Crippen molar-refractivity contribution in [3.63, 3.8) is 0 Å². The Morgan fingerprint density at radius 3 is 2.62 bits per heavy atom. The largest absolute Gasteiger partial charge is 0.488 e. The fraction of sp³-hybridized carbons (Fsp3) is 0.294. The maximum atomic E-state index is 14.6. The molecule has 0 spiro atoms. The lowest BCUT2D eigenvalue weighted by Crippen LogP contribution is -2.35. The average molecular weight is 584 g/mol. The van der Waals surface area contributed by atoms with E-state index in [0.717, 1.165) is 66.6 Å². The summed E-state index contributed by atoms with van der Waals surface area (Å²) in [4.78, 5) is 6.42. The van der Waals surface area contributed by atoms with E-state index in [1.165, 1.54) is 12.3 Å². The first-order valence-corrected chi connectivity index (χ1v) is 14.6. The van der Waals surface area contributed by atoms with Crippen LogP contribution in [-0.4, -0.2) is 34.2 Å². The van der Waals surface area contributed by atoms with Crippen LogP contribution < -0.4 is 9.47 Å². The van der Waals surface area contributed by atoms with Crippen molar-refractivity contribution in [2.24, 2.45) is 0 Å². The second kappa shape index (κ2) is 12.5. The highest BCUT2D eigenvalue weighted by molar-refractivity contribution is 6.32. The average Bonchev–Trinajstić information content (AvgIpc) is 3.42. The van der Waals surface area contributed by atoms with Crippen molar-refractivity contribution in [1.82, 2.24) is 9.88 Å². The van der Waals surface area contributed by atoms with Gasteiger partial charge in [0, 0.05) is 54.8 Å². The van der Waals surface area contributed by atoms with Crippen LogP contribution in [0, 0.1) is 17.1 Å². The summed E-state index contributed by atoms with van der Waals surface area (Å²) in [5, 5.41) is 19.7. The lowest BCUT2D eigenvalue weighted by molar-refractivity contribution is 0.0787. The molecule has 1 aromatic heterocycles. The molecule has 2 aliphatic rings. The molecular weight excluding hydrogens is 553 g/mol. The van der Waals surface area contributed by atoms with E-state index in [1.807, 2.05) is 42.5 Å². The first-order chi connectivity index (χ1) is 20.5. The number of aliphatic hydroxyl groups is 1. The molecule has 0 amide bonds. The van der Waals surface area contributed by atoms with Gasteiger partial charge in [-0.05, 0) is 60.6 Å². The van der Waals surface area contributed by atoms with Crippen LogP contribution in [0.2, 0.25) is 5.02 Å². The molecule has 0 saturated carbocycles. The SMILES string of the molecule is N#Cc1cncc(COc2cc(O[C@@H]3CCc4c(-c5ccccc5F)cccc43)c(Cl)cc2CN2CCC(O)CC2)c1. The molecule has 42 heavy (non-hydrogen) atoms. The maximum Gasteiger partial charge on any atom is 0.142 e. The van der Waals surface area contributed by atoms with E-state index >= 15 is 0 Å². The molecule has 4 aromatic rings. The van der Waals surface area contributed by atoms with Crippen LogP contribution in [0.15, 0.2) is 73.1 Å².